The Kier molecular flexibility index (Phi) is 2.64. The number of anilines is 1. The van der Waals surface area contributed by atoms with Crippen molar-refractivity contribution in [2.24, 2.45) is 0 Å². The van der Waals surface area contributed by atoms with E-state index in [4.69, 9.17) is 10.5 Å². The van der Waals surface area contributed by atoms with Gasteiger partial charge in [-0.25, -0.2) is 4.98 Å². The van der Waals surface area contributed by atoms with Crippen molar-refractivity contribution in [3.05, 3.63) is 17.7 Å². The number of rotatable bonds is 1. The van der Waals surface area contributed by atoms with Gasteiger partial charge < -0.3 is 15.6 Å². The molecule has 3 N–H and O–H groups in total. The van der Waals surface area contributed by atoms with Crippen LogP contribution in [0.15, 0.2) is 12.1 Å². The molecule has 4 nitrogen and oxygen atoms in total. The molecule has 3 rings (SSSR count). The molecule has 0 bridgehead atoms. The van der Waals surface area contributed by atoms with Crippen molar-refractivity contribution in [2.75, 3.05) is 18.9 Å². The average Bonchev–Trinajstić information content (AvgIpc) is 2.73. The summed E-state index contributed by atoms with van der Waals surface area (Å²) in [4.78, 5) is 4.18. The van der Waals surface area contributed by atoms with Crippen LogP contribution in [0.1, 0.15) is 24.3 Å². The van der Waals surface area contributed by atoms with Crippen LogP contribution in [0.2, 0.25) is 0 Å². The van der Waals surface area contributed by atoms with Crippen LogP contribution >= 0.6 is 11.3 Å². The molecule has 1 aliphatic rings. The molecule has 17 heavy (non-hydrogen) atoms. The molecular formula is C12H14N2O2S. The van der Waals surface area contributed by atoms with Gasteiger partial charge in [-0.2, -0.15) is 0 Å². The summed E-state index contributed by atoms with van der Waals surface area (Å²) in [7, 11) is 0. The van der Waals surface area contributed by atoms with Gasteiger partial charge in [-0.15, -0.1) is 0 Å². The first kappa shape index (κ1) is 10.8. The topological polar surface area (TPSA) is 68.4 Å². The van der Waals surface area contributed by atoms with Crippen LogP contribution < -0.4 is 5.73 Å². The Bertz CT molecular complexity index is 547. The molecule has 0 atom stereocenters. The maximum Gasteiger partial charge on any atom is 0.181 e. The number of ether oxygens (including phenoxy) is 1. The third-order valence-corrected chi connectivity index (χ3v) is 4.16. The quantitative estimate of drug-likeness (QED) is 0.816. The van der Waals surface area contributed by atoms with Gasteiger partial charge in [-0.05, 0) is 30.4 Å². The smallest absolute Gasteiger partial charge is 0.181 e. The monoisotopic (exact) mass is 250 g/mol. The van der Waals surface area contributed by atoms with Crippen molar-refractivity contribution in [3.8, 4) is 5.75 Å². The normalized spacial score (nSPS) is 17.6. The highest BCUT2D eigenvalue weighted by Crippen LogP contribution is 2.39. The van der Waals surface area contributed by atoms with Crippen LogP contribution in [0.5, 0.6) is 5.75 Å². The van der Waals surface area contributed by atoms with Gasteiger partial charge in [0.15, 0.2) is 5.13 Å². The summed E-state index contributed by atoms with van der Waals surface area (Å²) in [5.41, 5.74) is 7.61. The number of thiazole rings is 1. The van der Waals surface area contributed by atoms with Gasteiger partial charge in [0.05, 0.1) is 4.70 Å². The third kappa shape index (κ3) is 1.85. The van der Waals surface area contributed by atoms with Crippen LogP contribution in [0.25, 0.3) is 10.2 Å². The van der Waals surface area contributed by atoms with Gasteiger partial charge >= 0.3 is 0 Å². The van der Waals surface area contributed by atoms with E-state index >= 15 is 0 Å². The maximum atomic E-state index is 9.77. The molecule has 1 aromatic heterocycles. The second-order valence-corrected chi connectivity index (χ2v) is 5.32. The summed E-state index contributed by atoms with van der Waals surface area (Å²) >= 11 is 1.45. The zero-order valence-corrected chi connectivity index (χ0v) is 10.2. The number of nitrogen functional groups attached to an aromatic ring is 1. The maximum absolute atomic E-state index is 9.77. The Morgan fingerprint density at radius 3 is 2.88 bits per heavy atom. The molecule has 0 spiro atoms. The lowest BCUT2D eigenvalue weighted by Crippen LogP contribution is -2.14. The summed E-state index contributed by atoms with van der Waals surface area (Å²) in [6.07, 6.45) is 2.05. The first-order chi connectivity index (χ1) is 8.25. The van der Waals surface area contributed by atoms with Crippen LogP contribution in [0.3, 0.4) is 0 Å². The average molecular weight is 250 g/mol. The van der Waals surface area contributed by atoms with E-state index in [9.17, 15) is 5.11 Å². The number of nitrogens with zero attached hydrogens (tertiary/aromatic N) is 1. The predicted octanol–water partition coefficient (Wildman–Crippen LogP) is 2.48. The van der Waals surface area contributed by atoms with E-state index in [1.54, 1.807) is 6.07 Å². The van der Waals surface area contributed by atoms with Gasteiger partial charge in [0.1, 0.15) is 11.3 Å². The zero-order chi connectivity index (χ0) is 11.8. The molecule has 0 aliphatic carbocycles. The van der Waals surface area contributed by atoms with Gasteiger partial charge in [-0.3, -0.25) is 0 Å². The molecule has 0 radical (unpaired) electrons. The lowest BCUT2D eigenvalue weighted by Gasteiger charge is -2.22. The Balaban J connectivity index is 2.12. The van der Waals surface area contributed by atoms with E-state index < -0.39 is 0 Å². The van der Waals surface area contributed by atoms with E-state index in [1.165, 1.54) is 16.9 Å². The van der Waals surface area contributed by atoms with Crippen molar-refractivity contribution in [2.45, 2.75) is 18.8 Å². The molecule has 2 aromatic rings. The summed E-state index contributed by atoms with van der Waals surface area (Å²) in [6.45, 7) is 1.61. The number of aromatic nitrogens is 1. The largest absolute Gasteiger partial charge is 0.506 e. The SMILES string of the molecule is Nc1nc2c(O)ccc(C3CCOCC3)c2s1. The summed E-state index contributed by atoms with van der Waals surface area (Å²) < 4.78 is 6.40. The molecule has 1 aromatic carbocycles. The van der Waals surface area contributed by atoms with Gasteiger partial charge in [0, 0.05) is 13.2 Å². The van der Waals surface area contributed by atoms with E-state index in [1.807, 2.05) is 6.07 Å². The van der Waals surface area contributed by atoms with Gasteiger partial charge in [0.25, 0.3) is 0 Å². The summed E-state index contributed by atoms with van der Waals surface area (Å²) in [5, 5.41) is 10.3. The Morgan fingerprint density at radius 1 is 1.35 bits per heavy atom. The lowest BCUT2D eigenvalue weighted by molar-refractivity contribution is 0.0856. The molecule has 1 saturated heterocycles. The van der Waals surface area contributed by atoms with Gasteiger partial charge in [-0.1, -0.05) is 17.4 Å². The zero-order valence-electron chi connectivity index (χ0n) is 9.35. The number of nitrogens with two attached hydrogens (primary N) is 1. The molecule has 1 fully saturated rings. The molecule has 2 heterocycles. The second kappa shape index (κ2) is 4.16. The number of hydrogen-bond acceptors (Lipinski definition) is 5. The van der Waals surface area contributed by atoms with E-state index in [0.29, 0.717) is 16.6 Å². The minimum absolute atomic E-state index is 0.212. The highest BCUT2D eigenvalue weighted by Gasteiger charge is 2.20. The fraction of sp³-hybridized carbons (Fsp3) is 0.417. The Morgan fingerprint density at radius 2 is 2.12 bits per heavy atom. The number of phenols is 1. The summed E-state index contributed by atoms with van der Waals surface area (Å²) in [5.74, 6) is 0.704. The van der Waals surface area contributed by atoms with Crippen molar-refractivity contribution < 1.29 is 9.84 Å². The molecule has 90 valence electrons. The van der Waals surface area contributed by atoms with E-state index in [2.05, 4.69) is 4.98 Å². The molecule has 0 saturated carbocycles. The number of phenolic OH excluding ortho intramolecular Hbond substituents is 1. The molecular weight excluding hydrogens is 236 g/mol. The van der Waals surface area contributed by atoms with Gasteiger partial charge in [0.2, 0.25) is 0 Å². The highest BCUT2D eigenvalue weighted by molar-refractivity contribution is 7.22. The molecule has 5 heteroatoms. The highest BCUT2D eigenvalue weighted by atomic mass is 32.1. The van der Waals surface area contributed by atoms with Crippen molar-refractivity contribution >= 4 is 26.7 Å². The first-order valence-corrected chi connectivity index (χ1v) is 6.53. The van der Waals surface area contributed by atoms with Crippen molar-refractivity contribution in [1.29, 1.82) is 0 Å². The third-order valence-electron chi connectivity index (χ3n) is 3.23. The van der Waals surface area contributed by atoms with E-state index in [0.717, 1.165) is 30.8 Å². The minimum atomic E-state index is 0.212. The first-order valence-electron chi connectivity index (χ1n) is 5.71. The van der Waals surface area contributed by atoms with Crippen molar-refractivity contribution in [1.82, 2.24) is 4.98 Å². The van der Waals surface area contributed by atoms with Crippen LogP contribution in [-0.4, -0.2) is 23.3 Å². The Labute approximate surface area is 103 Å². The fourth-order valence-electron chi connectivity index (χ4n) is 2.36. The van der Waals surface area contributed by atoms with Crippen LogP contribution in [-0.2, 0) is 4.74 Å². The molecule has 1 aliphatic heterocycles. The second-order valence-electron chi connectivity index (χ2n) is 4.29. The molecule has 0 unspecified atom stereocenters. The summed E-state index contributed by atoms with van der Waals surface area (Å²) in [6, 6.07) is 3.71. The lowest BCUT2D eigenvalue weighted by atomic mass is 9.91. The molecule has 0 amide bonds. The number of hydrogen-bond donors (Lipinski definition) is 2. The van der Waals surface area contributed by atoms with E-state index in [-0.39, 0.29) is 5.75 Å². The van der Waals surface area contributed by atoms with Crippen LogP contribution in [0, 0.1) is 0 Å². The predicted molar refractivity (Wildman–Crippen MR) is 68.5 cm³/mol. The standard InChI is InChI=1S/C12H14N2O2S/c13-12-14-10-9(15)2-1-8(11(10)17-12)7-3-5-16-6-4-7/h1-2,7,15H,3-6H2,(H2,13,14). The number of benzene rings is 1. The number of aromatic hydroxyl groups is 1. The Hall–Kier alpha value is -1.33. The fourth-order valence-corrected chi connectivity index (χ4v) is 3.30. The van der Waals surface area contributed by atoms with Crippen molar-refractivity contribution in [3.63, 3.8) is 0 Å². The minimum Gasteiger partial charge on any atom is -0.506 e. The van der Waals surface area contributed by atoms with Crippen LogP contribution in [0.4, 0.5) is 5.13 Å². The number of fused-ring (bicyclic) bond motifs is 1.